The van der Waals surface area contributed by atoms with Gasteiger partial charge in [0.25, 0.3) is 5.91 Å². The number of carbonyl (C=O) groups is 2. The lowest BCUT2D eigenvalue weighted by Gasteiger charge is -2.40. The molecule has 0 aliphatic carbocycles. The van der Waals surface area contributed by atoms with Gasteiger partial charge in [-0.1, -0.05) is 0 Å². The van der Waals surface area contributed by atoms with Crippen LogP contribution in [0.1, 0.15) is 27.3 Å². The summed E-state index contributed by atoms with van der Waals surface area (Å²) in [6.07, 6.45) is 1.48. The van der Waals surface area contributed by atoms with Gasteiger partial charge < -0.3 is 24.0 Å². The van der Waals surface area contributed by atoms with Crippen molar-refractivity contribution in [2.45, 2.75) is 19.2 Å². The molecule has 1 unspecified atom stereocenters. The average Bonchev–Trinajstić information content (AvgIpc) is 2.50. The second kappa shape index (κ2) is 4.88. The zero-order chi connectivity index (χ0) is 15.1. The molecule has 0 aromatic carbocycles. The van der Waals surface area contributed by atoms with Crippen molar-refractivity contribution in [1.29, 1.82) is 0 Å². The molecule has 0 spiro atoms. The van der Waals surface area contributed by atoms with Crippen LogP contribution in [0, 0.1) is 0 Å². The second-order valence-electron chi connectivity index (χ2n) is 4.89. The number of aromatic nitrogens is 1. The first-order chi connectivity index (χ1) is 10.0. The van der Waals surface area contributed by atoms with Gasteiger partial charge in [-0.25, -0.2) is 4.79 Å². The van der Waals surface area contributed by atoms with Gasteiger partial charge in [0, 0.05) is 12.7 Å². The molecule has 112 valence electrons. The largest absolute Gasteiger partial charge is 0.503 e. The Morgan fingerprint density at radius 3 is 2.95 bits per heavy atom. The Hall–Kier alpha value is -2.35. The van der Waals surface area contributed by atoms with E-state index in [4.69, 9.17) is 4.74 Å². The van der Waals surface area contributed by atoms with Gasteiger partial charge in [0.15, 0.2) is 17.7 Å². The number of pyridine rings is 1. The number of nitrogens with zero attached hydrogens (tertiary/aromatic N) is 2. The van der Waals surface area contributed by atoms with Crippen molar-refractivity contribution in [2.75, 3.05) is 20.3 Å². The van der Waals surface area contributed by atoms with Crippen LogP contribution in [0.25, 0.3) is 0 Å². The molecule has 1 atom stereocenters. The number of ether oxygens (including phenoxy) is 2. The summed E-state index contributed by atoms with van der Waals surface area (Å²) in [5, 5.41) is 10.00. The molecule has 8 heteroatoms. The van der Waals surface area contributed by atoms with Crippen molar-refractivity contribution in [1.82, 2.24) is 9.47 Å². The first kappa shape index (κ1) is 13.6. The summed E-state index contributed by atoms with van der Waals surface area (Å²) in [5.41, 5.74) is -1.33. The van der Waals surface area contributed by atoms with Crippen LogP contribution in [-0.2, 0) is 16.0 Å². The summed E-state index contributed by atoms with van der Waals surface area (Å²) < 4.78 is 11.4. The molecule has 0 bridgehead atoms. The maximum atomic E-state index is 12.4. The number of hydrogen-bond donors (Lipinski definition) is 1. The van der Waals surface area contributed by atoms with Crippen molar-refractivity contribution < 1.29 is 24.2 Å². The van der Waals surface area contributed by atoms with Gasteiger partial charge in [-0.2, -0.15) is 0 Å². The van der Waals surface area contributed by atoms with Crippen molar-refractivity contribution in [2.24, 2.45) is 0 Å². The number of rotatable bonds is 1. The van der Waals surface area contributed by atoms with Gasteiger partial charge in [0.05, 0.1) is 20.3 Å². The van der Waals surface area contributed by atoms with E-state index in [2.05, 4.69) is 4.74 Å². The van der Waals surface area contributed by atoms with Gasteiger partial charge in [-0.15, -0.1) is 0 Å². The summed E-state index contributed by atoms with van der Waals surface area (Å²) in [6.45, 7) is 1.30. The number of amides is 1. The van der Waals surface area contributed by atoms with E-state index in [1.807, 2.05) is 0 Å². The Morgan fingerprint density at radius 1 is 1.48 bits per heavy atom. The zero-order valence-electron chi connectivity index (χ0n) is 11.4. The van der Waals surface area contributed by atoms with Crippen molar-refractivity contribution >= 4 is 11.9 Å². The van der Waals surface area contributed by atoms with Gasteiger partial charge in [0.2, 0.25) is 5.43 Å². The van der Waals surface area contributed by atoms with Crippen LogP contribution in [0.5, 0.6) is 5.75 Å². The van der Waals surface area contributed by atoms with Crippen LogP contribution in [0.2, 0.25) is 0 Å². The quantitative estimate of drug-likeness (QED) is 0.704. The fourth-order valence-corrected chi connectivity index (χ4v) is 2.65. The summed E-state index contributed by atoms with van der Waals surface area (Å²) in [5.74, 6) is -2.06. The fourth-order valence-electron chi connectivity index (χ4n) is 2.65. The van der Waals surface area contributed by atoms with E-state index < -0.39 is 29.3 Å². The molecule has 0 saturated carbocycles. The van der Waals surface area contributed by atoms with E-state index in [0.29, 0.717) is 19.6 Å². The van der Waals surface area contributed by atoms with Gasteiger partial charge >= 0.3 is 5.97 Å². The molecular weight excluding hydrogens is 280 g/mol. The third-order valence-electron chi connectivity index (χ3n) is 3.68. The number of esters is 1. The molecule has 2 aliphatic heterocycles. The van der Waals surface area contributed by atoms with Crippen LogP contribution >= 0.6 is 0 Å². The van der Waals surface area contributed by atoms with Crippen molar-refractivity contribution in [3.63, 3.8) is 0 Å². The lowest BCUT2D eigenvalue weighted by atomic mass is 10.1. The summed E-state index contributed by atoms with van der Waals surface area (Å²) in [7, 11) is 1.14. The Balaban J connectivity index is 2.15. The van der Waals surface area contributed by atoms with Crippen LogP contribution < -0.4 is 5.43 Å². The lowest BCUT2D eigenvalue weighted by molar-refractivity contribution is -0.0920. The Labute approximate surface area is 119 Å². The van der Waals surface area contributed by atoms with E-state index in [0.717, 1.165) is 7.11 Å². The zero-order valence-corrected chi connectivity index (χ0v) is 11.4. The Kier molecular flexibility index (Phi) is 3.17. The molecule has 1 amide bonds. The van der Waals surface area contributed by atoms with Crippen LogP contribution in [-0.4, -0.2) is 52.9 Å². The van der Waals surface area contributed by atoms with E-state index >= 15 is 0 Å². The van der Waals surface area contributed by atoms with E-state index in [9.17, 15) is 19.5 Å². The molecule has 2 aliphatic rings. The molecule has 1 N–H and O–H groups in total. The highest BCUT2D eigenvalue weighted by atomic mass is 16.5. The molecule has 1 aromatic heterocycles. The number of aromatic hydroxyl groups is 1. The molecule has 1 aromatic rings. The predicted molar refractivity (Wildman–Crippen MR) is 69.1 cm³/mol. The minimum atomic E-state index is -0.905. The topological polar surface area (TPSA) is 98.1 Å². The molecule has 21 heavy (non-hydrogen) atoms. The molecule has 1 saturated heterocycles. The highest BCUT2D eigenvalue weighted by Crippen LogP contribution is 2.26. The number of hydrogen-bond acceptors (Lipinski definition) is 6. The summed E-state index contributed by atoms with van der Waals surface area (Å²) >= 11 is 0. The second-order valence-corrected chi connectivity index (χ2v) is 4.89. The summed E-state index contributed by atoms with van der Waals surface area (Å²) in [4.78, 5) is 37.4. The predicted octanol–water partition coefficient (Wildman–Crippen LogP) is -0.457. The van der Waals surface area contributed by atoms with Gasteiger partial charge in [-0.3, -0.25) is 9.59 Å². The third-order valence-corrected chi connectivity index (χ3v) is 3.68. The summed E-state index contributed by atoms with van der Waals surface area (Å²) in [6, 6.07) is 0. The minimum absolute atomic E-state index is 0.116. The highest BCUT2D eigenvalue weighted by Gasteiger charge is 2.38. The molecule has 1 fully saturated rings. The number of methoxy groups -OCH3 is 1. The smallest absolute Gasteiger partial charge is 0.343 e. The van der Waals surface area contributed by atoms with Crippen LogP contribution in [0.3, 0.4) is 0 Å². The Bertz CT molecular complexity index is 680. The maximum absolute atomic E-state index is 12.4. The maximum Gasteiger partial charge on any atom is 0.343 e. The van der Waals surface area contributed by atoms with E-state index in [-0.39, 0.29) is 17.8 Å². The minimum Gasteiger partial charge on any atom is -0.503 e. The highest BCUT2D eigenvalue weighted by molar-refractivity contribution is 5.97. The fraction of sp³-hybridized carbons (Fsp3) is 0.462. The average molecular weight is 294 g/mol. The third kappa shape index (κ3) is 1.99. The number of carbonyl (C=O) groups excluding carboxylic acids is 2. The van der Waals surface area contributed by atoms with Crippen molar-refractivity contribution in [3.05, 3.63) is 27.7 Å². The molecule has 8 nitrogen and oxygen atoms in total. The Morgan fingerprint density at radius 2 is 2.24 bits per heavy atom. The number of fused-ring (bicyclic) bond motifs is 2. The monoisotopic (exact) mass is 294 g/mol. The first-order valence-corrected chi connectivity index (χ1v) is 6.52. The molecule has 3 rings (SSSR count). The molecule has 3 heterocycles. The van der Waals surface area contributed by atoms with Crippen LogP contribution in [0.15, 0.2) is 11.0 Å². The van der Waals surface area contributed by atoms with E-state index in [1.165, 1.54) is 15.7 Å². The van der Waals surface area contributed by atoms with Gasteiger partial charge in [0.1, 0.15) is 5.56 Å². The molecule has 0 radical (unpaired) electrons. The normalized spacial score (nSPS) is 20.7. The SMILES string of the molecule is COC(=O)c1cn2c(c(O)c1=O)C(=O)N1CCCOC1C2. The van der Waals surface area contributed by atoms with Gasteiger partial charge in [-0.05, 0) is 6.42 Å². The van der Waals surface area contributed by atoms with Crippen LogP contribution in [0.4, 0.5) is 0 Å². The van der Waals surface area contributed by atoms with Crippen molar-refractivity contribution in [3.8, 4) is 5.75 Å². The standard InChI is InChI=1S/C13H14N2O6/c1-20-13(19)7-5-14-6-8-15(3-2-4-21-8)12(18)9(14)11(17)10(7)16/h5,8,17H,2-4,6H2,1H3. The van der Waals surface area contributed by atoms with E-state index in [1.54, 1.807) is 0 Å². The first-order valence-electron chi connectivity index (χ1n) is 6.52. The molecular formula is C13H14N2O6. The lowest BCUT2D eigenvalue weighted by Crippen LogP contribution is -2.53.